The molecule has 2 aromatic rings. The molecule has 1 aromatic heterocycles. The van der Waals surface area contributed by atoms with Crippen LogP contribution in [0, 0.1) is 0 Å². The zero-order chi connectivity index (χ0) is 21.4. The number of ether oxygens (including phenoxy) is 3. The number of rotatable bonds is 11. The second kappa shape index (κ2) is 10.6. The Balaban J connectivity index is 2.57. The molecule has 0 bridgehead atoms. The van der Waals surface area contributed by atoms with Crippen LogP contribution in [0.4, 0.5) is 5.82 Å². The van der Waals surface area contributed by atoms with Crippen LogP contribution >= 0.6 is 0 Å². The molecular formula is C22H31N3O4. The van der Waals surface area contributed by atoms with Crippen LogP contribution in [0.2, 0.25) is 0 Å². The van der Waals surface area contributed by atoms with Gasteiger partial charge in [-0.25, -0.2) is 9.97 Å². The minimum Gasteiger partial charge on any atom is -0.496 e. The van der Waals surface area contributed by atoms with Gasteiger partial charge in [0.1, 0.15) is 11.5 Å². The lowest BCUT2D eigenvalue weighted by Crippen LogP contribution is -2.09. The molecule has 2 rings (SSSR count). The fourth-order valence-electron chi connectivity index (χ4n) is 3.06. The van der Waals surface area contributed by atoms with Crippen molar-refractivity contribution < 1.29 is 19.0 Å². The van der Waals surface area contributed by atoms with Crippen LogP contribution in [0.3, 0.4) is 0 Å². The molecule has 1 heterocycles. The molecule has 7 nitrogen and oxygen atoms in total. The molecule has 0 spiro atoms. The van der Waals surface area contributed by atoms with E-state index in [0.29, 0.717) is 53.0 Å². The standard InChI is InChI=1S/C22H31N3O4/c1-7-9-10-11-29-22-21(23-4)25-20(17(8-2)24-22)16-13-18(27-5)15(14(3)26)12-19(16)28-6/h12-13H,7-11H2,1-6H3,(H,23,25). The quantitative estimate of drug-likeness (QED) is 0.437. The average Bonchev–Trinajstić information content (AvgIpc) is 2.75. The van der Waals surface area contributed by atoms with Gasteiger partial charge in [-0.3, -0.25) is 4.79 Å². The second-order valence-electron chi connectivity index (χ2n) is 6.64. The number of carbonyl (C=O) groups is 1. The highest BCUT2D eigenvalue weighted by Crippen LogP contribution is 2.38. The number of nitrogens with one attached hydrogen (secondary N) is 1. The Morgan fingerprint density at radius 1 is 1.07 bits per heavy atom. The van der Waals surface area contributed by atoms with E-state index in [1.165, 1.54) is 14.0 Å². The first-order valence-electron chi connectivity index (χ1n) is 9.99. The molecule has 0 saturated heterocycles. The average molecular weight is 402 g/mol. The van der Waals surface area contributed by atoms with Crippen LogP contribution in [-0.2, 0) is 6.42 Å². The molecule has 29 heavy (non-hydrogen) atoms. The molecule has 1 N–H and O–H groups in total. The largest absolute Gasteiger partial charge is 0.496 e. The maximum Gasteiger partial charge on any atom is 0.257 e. The SMILES string of the molecule is CCCCCOc1nc(CC)c(-c2cc(OC)c(C(C)=O)cc2OC)nc1NC. The van der Waals surface area contributed by atoms with E-state index in [-0.39, 0.29) is 5.78 Å². The molecule has 0 amide bonds. The van der Waals surface area contributed by atoms with Crippen LogP contribution in [0.5, 0.6) is 17.4 Å². The maximum atomic E-state index is 12.0. The molecule has 0 radical (unpaired) electrons. The van der Waals surface area contributed by atoms with Crippen LogP contribution in [0.1, 0.15) is 56.1 Å². The van der Waals surface area contributed by atoms with Gasteiger partial charge in [-0.2, -0.15) is 0 Å². The lowest BCUT2D eigenvalue weighted by molar-refractivity contribution is 0.101. The van der Waals surface area contributed by atoms with Crippen LogP contribution in [0.25, 0.3) is 11.3 Å². The molecule has 158 valence electrons. The molecule has 0 unspecified atom stereocenters. The molecule has 0 aliphatic rings. The highest BCUT2D eigenvalue weighted by Gasteiger charge is 2.21. The summed E-state index contributed by atoms with van der Waals surface area (Å²) in [6, 6.07) is 3.46. The van der Waals surface area contributed by atoms with Crippen molar-refractivity contribution in [2.75, 3.05) is 33.2 Å². The monoisotopic (exact) mass is 401 g/mol. The molecule has 7 heteroatoms. The predicted molar refractivity (Wildman–Crippen MR) is 115 cm³/mol. The van der Waals surface area contributed by atoms with Gasteiger partial charge in [0, 0.05) is 12.6 Å². The van der Waals surface area contributed by atoms with E-state index in [0.717, 1.165) is 25.0 Å². The van der Waals surface area contributed by atoms with Crippen molar-refractivity contribution in [1.29, 1.82) is 0 Å². The number of Topliss-reactive ketones (excluding diaryl/α,β-unsaturated/α-hetero) is 1. The molecule has 1 aromatic carbocycles. The van der Waals surface area contributed by atoms with Gasteiger partial charge in [0.05, 0.1) is 37.8 Å². The van der Waals surface area contributed by atoms with Crippen molar-refractivity contribution in [1.82, 2.24) is 9.97 Å². The molecule has 0 saturated carbocycles. The Kier molecular flexibility index (Phi) is 8.24. The van der Waals surface area contributed by atoms with Gasteiger partial charge in [-0.1, -0.05) is 26.7 Å². The summed E-state index contributed by atoms with van der Waals surface area (Å²) in [5.41, 5.74) is 2.63. The molecule has 0 atom stereocenters. The van der Waals surface area contributed by atoms with E-state index in [1.807, 2.05) is 6.92 Å². The summed E-state index contributed by atoms with van der Waals surface area (Å²) in [4.78, 5) is 21.5. The number of methoxy groups -OCH3 is 2. The highest BCUT2D eigenvalue weighted by atomic mass is 16.5. The van der Waals surface area contributed by atoms with Gasteiger partial charge in [0.15, 0.2) is 11.6 Å². The minimum absolute atomic E-state index is 0.0970. The number of anilines is 1. The van der Waals surface area contributed by atoms with Crippen molar-refractivity contribution in [3.63, 3.8) is 0 Å². The highest BCUT2D eigenvalue weighted by molar-refractivity contribution is 5.98. The van der Waals surface area contributed by atoms with Crippen LogP contribution < -0.4 is 19.5 Å². The van der Waals surface area contributed by atoms with E-state index in [2.05, 4.69) is 12.2 Å². The Morgan fingerprint density at radius 2 is 1.79 bits per heavy atom. The van der Waals surface area contributed by atoms with Crippen molar-refractivity contribution >= 4 is 11.6 Å². The van der Waals surface area contributed by atoms with E-state index in [9.17, 15) is 4.79 Å². The summed E-state index contributed by atoms with van der Waals surface area (Å²) in [5, 5.41) is 3.07. The summed E-state index contributed by atoms with van der Waals surface area (Å²) >= 11 is 0. The van der Waals surface area contributed by atoms with E-state index < -0.39 is 0 Å². The topological polar surface area (TPSA) is 82.6 Å². The van der Waals surface area contributed by atoms with E-state index in [1.54, 1.807) is 26.3 Å². The third kappa shape index (κ3) is 5.16. The van der Waals surface area contributed by atoms with E-state index in [4.69, 9.17) is 24.2 Å². The fraction of sp³-hybridized carbons (Fsp3) is 0.500. The zero-order valence-corrected chi connectivity index (χ0v) is 18.2. The van der Waals surface area contributed by atoms with Gasteiger partial charge < -0.3 is 19.5 Å². The van der Waals surface area contributed by atoms with E-state index >= 15 is 0 Å². The molecule has 0 fully saturated rings. The number of ketones is 1. The van der Waals surface area contributed by atoms with Gasteiger partial charge in [-0.05, 0) is 31.9 Å². The maximum absolute atomic E-state index is 12.0. The van der Waals surface area contributed by atoms with Crippen molar-refractivity contribution in [3.05, 3.63) is 23.4 Å². The summed E-state index contributed by atoms with van der Waals surface area (Å²) in [7, 11) is 4.89. The number of carbonyl (C=O) groups excluding carboxylic acids is 1. The van der Waals surface area contributed by atoms with Gasteiger partial charge >= 0.3 is 0 Å². The Labute approximate surface area is 172 Å². The number of unbranched alkanes of at least 4 members (excludes halogenated alkanes) is 2. The second-order valence-corrected chi connectivity index (χ2v) is 6.64. The first kappa shape index (κ1) is 22.5. The van der Waals surface area contributed by atoms with Crippen molar-refractivity contribution in [2.24, 2.45) is 0 Å². The lowest BCUT2D eigenvalue weighted by Gasteiger charge is -2.17. The van der Waals surface area contributed by atoms with Crippen molar-refractivity contribution in [2.45, 2.75) is 46.5 Å². The number of nitrogens with zero attached hydrogens (tertiary/aromatic N) is 2. The third-order valence-electron chi connectivity index (χ3n) is 4.65. The van der Waals surface area contributed by atoms with Crippen LogP contribution in [0.15, 0.2) is 12.1 Å². The third-order valence-corrected chi connectivity index (χ3v) is 4.65. The van der Waals surface area contributed by atoms with Crippen molar-refractivity contribution in [3.8, 4) is 28.6 Å². The molecule has 0 aliphatic carbocycles. The number of aryl methyl sites for hydroxylation is 1. The minimum atomic E-state index is -0.0970. The predicted octanol–water partition coefficient (Wildman–Crippen LogP) is 4.54. The fourth-order valence-corrected chi connectivity index (χ4v) is 3.06. The Morgan fingerprint density at radius 3 is 2.34 bits per heavy atom. The number of hydrogen-bond donors (Lipinski definition) is 1. The summed E-state index contributed by atoms with van der Waals surface area (Å²) in [6.45, 7) is 6.27. The lowest BCUT2D eigenvalue weighted by atomic mass is 10.0. The molecular weight excluding hydrogens is 370 g/mol. The number of hydrogen-bond acceptors (Lipinski definition) is 7. The van der Waals surface area contributed by atoms with Crippen LogP contribution in [-0.4, -0.2) is 43.6 Å². The first-order valence-corrected chi connectivity index (χ1v) is 9.99. The Hall–Kier alpha value is -2.83. The Bertz CT molecular complexity index is 852. The first-order chi connectivity index (χ1) is 14.0. The zero-order valence-electron chi connectivity index (χ0n) is 18.2. The van der Waals surface area contributed by atoms with Gasteiger partial charge in [-0.15, -0.1) is 0 Å². The van der Waals surface area contributed by atoms with Gasteiger partial charge in [0.25, 0.3) is 5.88 Å². The van der Waals surface area contributed by atoms with Gasteiger partial charge in [0.2, 0.25) is 0 Å². The smallest absolute Gasteiger partial charge is 0.257 e. The normalized spacial score (nSPS) is 10.6. The summed E-state index contributed by atoms with van der Waals surface area (Å²) in [5.74, 6) is 1.97. The summed E-state index contributed by atoms with van der Waals surface area (Å²) < 4.78 is 16.9. The summed E-state index contributed by atoms with van der Waals surface area (Å²) in [6.07, 6.45) is 3.88. The number of aromatic nitrogens is 2. The molecule has 0 aliphatic heterocycles. The number of benzene rings is 1.